The highest BCUT2D eigenvalue weighted by Crippen LogP contribution is 2.20. The Hall–Kier alpha value is -1.07. The van der Waals surface area contributed by atoms with E-state index in [0.717, 1.165) is 10.0 Å². The van der Waals surface area contributed by atoms with Gasteiger partial charge in [0.1, 0.15) is 0 Å². The van der Waals surface area contributed by atoms with Crippen molar-refractivity contribution in [2.45, 2.75) is 6.92 Å². The minimum atomic E-state index is 0.824. The van der Waals surface area contributed by atoms with E-state index < -0.39 is 0 Å². The Labute approximate surface area is 80.5 Å². The summed E-state index contributed by atoms with van der Waals surface area (Å²) in [5, 5.41) is 8.40. The molecule has 0 saturated carbocycles. The van der Waals surface area contributed by atoms with Crippen LogP contribution in [0, 0.1) is 18.3 Å². The van der Waals surface area contributed by atoms with Crippen LogP contribution in [0.1, 0.15) is 11.1 Å². The number of allylic oxidation sites excluding steroid dienone is 1. The molecule has 0 saturated heterocycles. The molecule has 2 heteroatoms. The minimum Gasteiger partial charge on any atom is -0.193 e. The fourth-order valence-electron chi connectivity index (χ4n) is 0.853. The van der Waals surface area contributed by atoms with Gasteiger partial charge in [-0.25, -0.2) is 0 Å². The summed E-state index contributed by atoms with van der Waals surface area (Å²) < 4.78 is 0.824. The van der Waals surface area contributed by atoms with Crippen LogP contribution in [0.3, 0.4) is 0 Å². The summed E-state index contributed by atoms with van der Waals surface area (Å²) in [7, 11) is 0. The quantitative estimate of drug-likeness (QED) is 0.669. The minimum absolute atomic E-state index is 0.824. The van der Waals surface area contributed by atoms with Crippen LogP contribution in [0.5, 0.6) is 0 Å². The molecule has 0 spiro atoms. The third kappa shape index (κ3) is 2.21. The van der Waals surface area contributed by atoms with Crippen molar-refractivity contribution in [3.05, 3.63) is 41.5 Å². The molecule has 0 aromatic heterocycles. The second-order valence-corrected chi connectivity index (χ2v) is 3.34. The van der Waals surface area contributed by atoms with Crippen LogP contribution in [-0.4, -0.2) is 0 Å². The number of nitrogens with zero attached hydrogens (tertiary/aromatic N) is 1. The van der Waals surface area contributed by atoms with Crippen molar-refractivity contribution in [2.24, 2.45) is 0 Å². The molecule has 1 nitrogen and oxygen atoms in total. The predicted octanol–water partition coefficient (Wildman–Crippen LogP) is 3.25. The van der Waals surface area contributed by atoms with Gasteiger partial charge in [-0.15, -0.1) is 0 Å². The van der Waals surface area contributed by atoms with E-state index in [1.54, 1.807) is 0 Å². The normalized spacial score (nSPS) is 10.9. The van der Waals surface area contributed by atoms with Gasteiger partial charge in [0.15, 0.2) is 0 Å². The smallest absolute Gasteiger partial charge is 0.0924 e. The zero-order chi connectivity index (χ0) is 8.97. The molecule has 0 aliphatic carbocycles. The molecular formula is C10H8BrN. The number of benzene rings is 1. The van der Waals surface area contributed by atoms with E-state index in [1.807, 2.05) is 37.3 Å². The van der Waals surface area contributed by atoms with Gasteiger partial charge in [0.25, 0.3) is 0 Å². The summed E-state index contributed by atoms with van der Waals surface area (Å²) in [6.07, 6.45) is 1.48. The first-order valence-corrected chi connectivity index (χ1v) is 4.35. The Morgan fingerprint density at radius 1 is 1.42 bits per heavy atom. The van der Waals surface area contributed by atoms with Gasteiger partial charge in [0.05, 0.1) is 6.07 Å². The third-order valence-corrected chi connectivity index (χ3v) is 2.21. The van der Waals surface area contributed by atoms with Gasteiger partial charge in [-0.2, -0.15) is 5.26 Å². The van der Waals surface area contributed by atoms with E-state index in [2.05, 4.69) is 15.9 Å². The van der Waals surface area contributed by atoms with Crippen molar-refractivity contribution < 1.29 is 0 Å². The van der Waals surface area contributed by atoms with Crippen molar-refractivity contribution in [2.75, 3.05) is 0 Å². The molecule has 0 aliphatic heterocycles. The first-order chi connectivity index (χ1) is 5.74. The van der Waals surface area contributed by atoms with Crippen LogP contribution in [0.4, 0.5) is 0 Å². The summed E-state index contributed by atoms with van der Waals surface area (Å²) in [6.45, 7) is 2.03. The number of hydrogen-bond acceptors (Lipinski definition) is 1. The number of hydrogen-bond donors (Lipinski definition) is 0. The van der Waals surface area contributed by atoms with Gasteiger partial charge in [0, 0.05) is 10.6 Å². The van der Waals surface area contributed by atoms with Crippen molar-refractivity contribution in [1.82, 2.24) is 0 Å². The lowest BCUT2D eigenvalue weighted by atomic mass is 10.1. The Morgan fingerprint density at radius 3 is 2.50 bits per heavy atom. The summed E-state index contributed by atoms with van der Waals surface area (Å²) in [4.78, 5) is 0. The highest BCUT2D eigenvalue weighted by molar-refractivity contribution is 9.15. The lowest BCUT2D eigenvalue weighted by Crippen LogP contribution is -1.76. The second-order valence-electron chi connectivity index (χ2n) is 2.49. The standard InChI is InChI=1S/C10H8BrN/c1-8-2-4-9(5-3-8)10(11)6-7-12/h2-6H,1H3/b10-6-. The van der Waals surface area contributed by atoms with Gasteiger partial charge in [-0.05, 0) is 28.4 Å². The fraction of sp³-hybridized carbons (Fsp3) is 0.100. The highest BCUT2D eigenvalue weighted by Gasteiger charge is 1.94. The van der Waals surface area contributed by atoms with Crippen LogP contribution in [0.2, 0.25) is 0 Å². The van der Waals surface area contributed by atoms with E-state index in [-0.39, 0.29) is 0 Å². The van der Waals surface area contributed by atoms with E-state index >= 15 is 0 Å². The van der Waals surface area contributed by atoms with Crippen molar-refractivity contribution in [1.29, 1.82) is 5.26 Å². The maximum Gasteiger partial charge on any atom is 0.0924 e. The number of nitriles is 1. The third-order valence-electron chi connectivity index (χ3n) is 1.52. The molecule has 60 valence electrons. The summed E-state index contributed by atoms with van der Waals surface area (Å²) in [5.41, 5.74) is 2.25. The fourth-order valence-corrected chi connectivity index (χ4v) is 1.22. The molecule has 1 rings (SSSR count). The molecule has 0 radical (unpaired) electrons. The zero-order valence-corrected chi connectivity index (χ0v) is 8.30. The molecule has 0 atom stereocenters. The van der Waals surface area contributed by atoms with Gasteiger partial charge >= 0.3 is 0 Å². The topological polar surface area (TPSA) is 23.8 Å². The first-order valence-electron chi connectivity index (χ1n) is 3.56. The average Bonchev–Trinajstić information content (AvgIpc) is 2.06. The average molecular weight is 222 g/mol. The van der Waals surface area contributed by atoms with E-state index in [0.29, 0.717) is 0 Å². The molecule has 1 aromatic rings. The van der Waals surface area contributed by atoms with Gasteiger partial charge in [0.2, 0.25) is 0 Å². The van der Waals surface area contributed by atoms with Crippen LogP contribution >= 0.6 is 15.9 Å². The van der Waals surface area contributed by atoms with Gasteiger partial charge in [-0.1, -0.05) is 29.8 Å². The summed E-state index contributed by atoms with van der Waals surface area (Å²) in [6, 6.07) is 9.96. The number of aryl methyl sites for hydroxylation is 1. The maximum absolute atomic E-state index is 8.40. The molecule has 0 N–H and O–H groups in total. The van der Waals surface area contributed by atoms with Gasteiger partial charge < -0.3 is 0 Å². The molecule has 0 unspecified atom stereocenters. The number of halogens is 1. The van der Waals surface area contributed by atoms with E-state index in [9.17, 15) is 0 Å². The molecule has 0 fully saturated rings. The molecule has 1 aromatic carbocycles. The molecular weight excluding hydrogens is 214 g/mol. The first kappa shape index (κ1) is 9.02. The monoisotopic (exact) mass is 221 g/mol. The molecule has 0 heterocycles. The van der Waals surface area contributed by atoms with Crippen molar-refractivity contribution in [3.8, 4) is 6.07 Å². The SMILES string of the molecule is Cc1ccc(/C(Br)=C/C#N)cc1. The Kier molecular flexibility index (Phi) is 3.07. The van der Waals surface area contributed by atoms with Gasteiger partial charge in [-0.3, -0.25) is 0 Å². The van der Waals surface area contributed by atoms with Crippen LogP contribution < -0.4 is 0 Å². The largest absolute Gasteiger partial charge is 0.193 e. The van der Waals surface area contributed by atoms with Crippen LogP contribution in [0.15, 0.2) is 30.3 Å². The molecule has 12 heavy (non-hydrogen) atoms. The Morgan fingerprint density at radius 2 is 2.00 bits per heavy atom. The highest BCUT2D eigenvalue weighted by atomic mass is 79.9. The lowest BCUT2D eigenvalue weighted by Gasteiger charge is -1.97. The Bertz CT molecular complexity index is 330. The molecule has 0 amide bonds. The van der Waals surface area contributed by atoms with Crippen LogP contribution in [-0.2, 0) is 0 Å². The van der Waals surface area contributed by atoms with E-state index in [4.69, 9.17) is 5.26 Å². The number of rotatable bonds is 1. The van der Waals surface area contributed by atoms with Crippen LogP contribution in [0.25, 0.3) is 4.48 Å². The molecule has 0 aliphatic rings. The zero-order valence-electron chi connectivity index (χ0n) is 6.71. The second kappa shape index (κ2) is 4.08. The summed E-state index contributed by atoms with van der Waals surface area (Å²) in [5.74, 6) is 0. The maximum atomic E-state index is 8.40. The lowest BCUT2D eigenvalue weighted by molar-refractivity contribution is 1.46. The Balaban J connectivity index is 2.99. The predicted molar refractivity (Wildman–Crippen MR) is 53.7 cm³/mol. The summed E-state index contributed by atoms with van der Waals surface area (Å²) >= 11 is 3.31. The van der Waals surface area contributed by atoms with E-state index in [1.165, 1.54) is 11.6 Å². The van der Waals surface area contributed by atoms with Crippen molar-refractivity contribution in [3.63, 3.8) is 0 Å². The van der Waals surface area contributed by atoms with Crippen molar-refractivity contribution >= 4 is 20.4 Å². The molecule has 0 bridgehead atoms.